The lowest BCUT2D eigenvalue weighted by Crippen LogP contribution is -2.20. The fourth-order valence-electron chi connectivity index (χ4n) is 3.13. The van der Waals surface area contributed by atoms with E-state index in [1.807, 2.05) is 0 Å². The second-order valence-corrected chi connectivity index (χ2v) is 7.74. The van der Waals surface area contributed by atoms with E-state index < -0.39 is 0 Å². The van der Waals surface area contributed by atoms with Crippen molar-refractivity contribution in [2.24, 2.45) is 5.92 Å². The molecule has 2 atom stereocenters. The Morgan fingerprint density at radius 2 is 1.67 bits per heavy atom. The van der Waals surface area contributed by atoms with Crippen molar-refractivity contribution in [1.29, 1.82) is 0 Å². The van der Waals surface area contributed by atoms with Gasteiger partial charge in [0.05, 0.1) is 5.69 Å². The van der Waals surface area contributed by atoms with Gasteiger partial charge in [0.25, 0.3) is 0 Å². The zero-order valence-corrected chi connectivity index (χ0v) is 15.5. The topological polar surface area (TPSA) is 28.7 Å². The molecule has 0 saturated carbocycles. The summed E-state index contributed by atoms with van der Waals surface area (Å²) < 4.78 is 0. The van der Waals surface area contributed by atoms with Crippen LogP contribution in [0.25, 0.3) is 0 Å². The number of aromatic amines is 1. The maximum atomic E-state index is 5.07. The number of nitrogens with zero attached hydrogens (tertiary/aromatic N) is 1. The van der Waals surface area contributed by atoms with E-state index in [0.29, 0.717) is 17.8 Å². The Hall–Kier alpha value is -0.790. The van der Waals surface area contributed by atoms with Gasteiger partial charge >= 0.3 is 0 Å². The minimum atomic E-state index is 0.164. The fourth-order valence-corrected chi connectivity index (χ4v) is 3.13. The maximum Gasteiger partial charge on any atom is 0.109 e. The predicted molar refractivity (Wildman–Crippen MR) is 93.1 cm³/mol. The van der Waals surface area contributed by atoms with E-state index in [2.05, 4.69) is 60.4 Å². The number of hydrogen-bond donors (Lipinski definition) is 1. The molecule has 21 heavy (non-hydrogen) atoms. The van der Waals surface area contributed by atoms with Crippen LogP contribution >= 0.6 is 0 Å². The molecule has 2 heteroatoms. The van der Waals surface area contributed by atoms with Crippen LogP contribution in [0.5, 0.6) is 0 Å². The Kier molecular flexibility index (Phi) is 6.49. The van der Waals surface area contributed by atoms with Gasteiger partial charge in [0.1, 0.15) is 5.82 Å². The van der Waals surface area contributed by atoms with Crippen molar-refractivity contribution < 1.29 is 0 Å². The largest absolute Gasteiger partial charge is 0.345 e. The molecule has 122 valence electrons. The van der Waals surface area contributed by atoms with E-state index in [1.165, 1.54) is 42.9 Å². The lowest BCUT2D eigenvalue weighted by molar-refractivity contribution is 0.449. The highest BCUT2D eigenvalue weighted by Gasteiger charge is 2.30. The fraction of sp³-hybridized carbons (Fsp3) is 0.842. The minimum Gasteiger partial charge on any atom is -0.345 e. The number of aromatic nitrogens is 2. The Morgan fingerprint density at radius 1 is 1.05 bits per heavy atom. The molecule has 0 radical (unpaired) electrons. The quantitative estimate of drug-likeness (QED) is 0.611. The molecule has 2 nitrogen and oxygen atoms in total. The summed E-state index contributed by atoms with van der Waals surface area (Å²) in [5, 5.41) is 0. The molecule has 0 saturated heterocycles. The Bertz CT molecular complexity index is 429. The summed E-state index contributed by atoms with van der Waals surface area (Å²) in [5.74, 6) is 2.86. The van der Waals surface area contributed by atoms with E-state index in [1.54, 1.807) is 0 Å². The Balaban J connectivity index is 3.25. The van der Waals surface area contributed by atoms with Crippen LogP contribution in [-0.2, 0) is 5.41 Å². The average molecular weight is 293 g/mol. The normalized spacial score (nSPS) is 15.5. The van der Waals surface area contributed by atoms with Crippen LogP contribution < -0.4 is 0 Å². The molecular weight excluding hydrogens is 256 g/mol. The van der Waals surface area contributed by atoms with Crippen molar-refractivity contribution in [2.45, 2.75) is 98.3 Å². The first kappa shape index (κ1) is 18.3. The third kappa shape index (κ3) is 4.34. The molecule has 0 aromatic carbocycles. The van der Waals surface area contributed by atoms with Gasteiger partial charge in [-0.3, -0.25) is 0 Å². The summed E-state index contributed by atoms with van der Waals surface area (Å²) >= 11 is 0. The minimum absolute atomic E-state index is 0.164. The second-order valence-electron chi connectivity index (χ2n) is 7.74. The van der Waals surface area contributed by atoms with Crippen LogP contribution in [0.1, 0.15) is 110 Å². The SMILES string of the molecule is CCCC(C)c1[nH]c(C(C)C(C)C)nc1C(C)(C)CCC. The number of hydrogen-bond acceptors (Lipinski definition) is 1. The molecule has 0 amide bonds. The van der Waals surface area contributed by atoms with Crippen LogP contribution in [0, 0.1) is 5.92 Å². The van der Waals surface area contributed by atoms with Crippen LogP contribution in [0.2, 0.25) is 0 Å². The van der Waals surface area contributed by atoms with Crippen molar-refractivity contribution in [1.82, 2.24) is 9.97 Å². The van der Waals surface area contributed by atoms with Crippen molar-refractivity contribution in [2.75, 3.05) is 0 Å². The molecule has 1 N–H and O–H groups in total. The zero-order chi connectivity index (χ0) is 16.2. The average Bonchev–Trinajstić information content (AvgIpc) is 2.83. The first-order valence-corrected chi connectivity index (χ1v) is 8.84. The summed E-state index contributed by atoms with van der Waals surface area (Å²) in [6, 6.07) is 0. The molecule has 0 aliphatic rings. The summed E-state index contributed by atoms with van der Waals surface area (Å²) in [5.41, 5.74) is 2.86. The van der Waals surface area contributed by atoms with E-state index in [9.17, 15) is 0 Å². The lowest BCUT2D eigenvalue weighted by Gasteiger charge is -2.25. The predicted octanol–water partition coefficient (Wildman–Crippen LogP) is 6.15. The van der Waals surface area contributed by atoms with Gasteiger partial charge in [0, 0.05) is 17.0 Å². The summed E-state index contributed by atoms with van der Waals surface area (Å²) in [6.45, 7) is 18.4. The van der Waals surface area contributed by atoms with Crippen LogP contribution in [0.3, 0.4) is 0 Å². The first-order valence-electron chi connectivity index (χ1n) is 8.84. The Labute approximate surface area is 132 Å². The lowest BCUT2D eigenvalue weighted by atomic mass is 9.81. The number of H-pyrrole nitrogens is 1. The van der Waals surface area contributed by atoms with Gasteiger partial charge in [-0.2, -0.15) is 0 Å². The molecule has 0 aliphatic heterocycles. The number of imidazole rings is 1. The standard InChI is InChI=1S/C19H36N2/c1-9-11-14(5)16-17(19(7,8)12-10-2)21-18(20-16)15(6)13(3)4/h13-15H,9-12H2,1-8H3,(H,20,21). The molecule has 0 fully saturated rings. The molecule has 1 heterocycles. The van der Waals surface area contributed by atoms with Gasteiger partial charge in [-0.1, -0.05) is 68.2 Å². The van der Waals surface area contributed by atoms with Crippen molar-refractivity contribution in [3.63, 3.8) is 0 Å². The van der Waals surface area contributed by atoms with Gasteiger partial charge < -0.3 is 4.98 Å². The molecular formula is C19H36N2. The molecule has 0 spiro atoms. The van der Waals surface area contributed by atoms with E-state index >= 15 is 0 Å². The van der Waals surface area contributed by atoms with Gasteiger partial charge in [-0.15, -0.1) is 0 Å². The van der Waals surface area contributed by atoms with Gasteiger partial charge in [0.2, 0.25) is 0 Å². The van der Waals surface area contributed by atoms with Crippen LogP contribution in [0.15, 0.2) is 0 Å². The van der Waals surface area contributed by atoms with E-state index in [0.717, 1.165) is 0 Å². The monoisotopic (exact) mass is 292 g/mol. The first-order chi connectivity index (χ1) is 9.74. The van der Waals surface area contributed by atoms with E-state index in [4.69, 9.17) is 4.98 Å². The smallest absolute Gasteiger partial charge is 0.109 e. The maximum absolute atomic E-state index is 5.07. The summed E-state index contributed by atoms with van der Waals surface area (Å²) in [7, 11) is 0. The summed E-state index contributed by atoms with van der Waals surface area (Å²) in [4.78, 5) is 8.77. The molecule has 0 bridgehead atoms. The van der Waals surface area contributed by atoms with Crippen LogP contribution in [-0.4, -0.2) is 9.97 Å². The van der Waals surface area contributed by atoms with Crippen molar-refractivity contribution in [3.05, 3.63) is 17.2 Å². The molecule has 1 aromatic heterocycles. The third-order valence-electron chi connectivity index (χ3n) is 4.91. The molecule has 0 aliphatic carbocycles. The summed E-state index contributed by atoms with van der Waals surface area (Å²) in [6.07, 6.45) is 4.85. The number of rotatable bonds is 8. The van der Waals surface area contributed by atoms with Crippen LogP contribution in [0.4, 0.5) is 0 Å². The van der Waals surface area contributed by atoms with Crippen molar-refractivity contribution >= 4 is 0 Å². The van der Waals surface area contributed by atoms with E-state index in [-0.39, 0.29) is 5.41 Å². The molecule has 2 unspecified atom stereocenters. The van der Waals surface area contributed by atoms with Gasteiger partial charge in [0.15, 0.2) is 0 Å². The second kappa shape index (κ2) is 7.47. The van der Waals surface area contributed by atoms with Gasteiger partial charge in [-0.25, -0.2) is 4.98 Å². The number of nitrogens with one attached hydrogen (secondary N) is 1. The van der Waals surface area contributed by atoms with Crippen molar-refractivity contribution in [3.8, 4) is 0 Å². The Morgan fingerprint density at radius 3 is 2.14 bits per heavy atom. The molecule has 1 aromatic rings. The zero-order valence-electron chi connectivity index (χ0n) is 15.5. The third-order valence-corrected chi connectivity index (χ3v) is 4.91. The highest BCUT2D eigenvalue weighted by Crippen LogP contribution is 2.36. The highest BCUT2D eigenvalue weighted by molar-refractivity contribution is 5.27. The molecule has 1 rings (SSSR count). The van der Waals surface area contributed by atoms with Gasteiger partial charge in [-0.05, 0) is 24.7 Å². The highest BCUT2D eigenvalue weighted by atomic mass is 15.0.